The lowest BCUT2D eigenvalue weighted by molar-refractivity contribution is 0.0890. The first-order chi connectivity index (χ1) is 9.18. The SMILES string of the molecule is CC1CC(NC(=O)c2cc(S(N)(=O)=O)cc(F)c2F)C1. The maximum absolute atomic E-state index is 13.6. The number of carbonyl (C=O) groups is 1. The summed E-state index contributed by atoms with van der Waals surface area (Å²) in [6.45, 7) is 2.00. The summed E-state index contributed by atoms with van der Waals surface area (Å²) in [4.78, 5) is 11.2. The van der Waals surface area contributed by atoms with E-state index in [0.29, 0.717) is 12.0 Å². The Kier molecular flexibility index (Phi) is 3.79. The van der Waals surface area contributed by atoms with E-state index in [4.69, 9.17) is 5.14 Å². The minimum atomic E-state index is -4.21. The average Bonchev–Trinajstić information content (AvgIpc) is 2.28. The van der Waals surface area contributed by atoms with Crippen LogP contribution in [0.15, 0.2) is 17.0 Å². The van der Waals surface area contributed by atoms with Crippen LogP contribution >= 0.6 is 0 Å². The highest BCUT2D eigenvalue weighted by Gasteiger charge is 2.29. The fourth-order valence-corrected chi connectivity index (χ4v) is 2.73. The third-order valence-corrected chi connectivity index (χ3v) is 4.18. The fraction of sp³-hybridized carbons (Fsp3) is 0.417. The van der Waals surface area contributed by atoms with Crippen LogP contribution in [0.5, 0.6) is 0 Å². The molecule has 1 amide bonds. The quantitative estimate of drug-likeness (QED) is 0.877. The third-order valence-electron chi connectivity index (χ3n) is 3.28. The molecule has 20 heavy (non-hydrogen) atoms. The van der Waals surface area contributed by atoms with Crippen molar-refractivity contribution in [1.82, 2.24) is 5.32 Å². The number of nitrogens with two attached hydrogens (primary N) is 1. The molecule has 8 heteroatoms. The van der Waals surface area contributed by atoms with Gasteiger partial charge in [0.05, 0.1) is 10.5 Å². The van der Waals surface area contributed by atoms with Crippen molar-refractivity contribution in [1.29, 1.82) is 0 Å². The van der Waals surface area contributed by atoms with Crippen molar-refractivity contribution in [3.8, 4) is 0 Å². The second kappa shape index (κ2) is 5.10. The molecule has 2 rings (SSSR count). The molecule has 0 unspecified atom stereocenters. The zero-order valence-corrected chi connectivity index (χ0v) is 11.5. The zero-order valence-electron chi connectivity index (χ0n) is 10.7. The lowest BCUT2D eigenvalue weighted by Gasteiger charge is -2.33. The van der Waals surface area contributed by atoms with Crippen molar-refractivity contribution in [2.75, 3.05) is 0 Å². The first-order valence-corrected chi connectivity index (χ1v) is 7.56. The highest BCUT2D eigenvalue weighted by atomic mass is 32.2. The summed E-state index contributed by atoms with van der Waals surface area (Å²) in [6.07, 6.45) is 1.51. The van der Waals surface area contributed by atoms with Crippen molar-refractivity contribution in [3.63, 3.8) is 0 Å². The monoisotopic (exact) mass is 304 g/mol. The molecular weight excluding hydrogens is 290 g/mol. The van der Waals surface area contributed by atoms with Gasteiger partial charge in [0.2, 0.25) is 10.0 Å². The molecule has 0 spiro atoms. The second-order valence-corrected chi connectivity index (χ2v) is 6.62. The first-order valence-electron chi connectivity index (χ1n) is 6.01. The Morgan fingerprint density at radius 1 is 1.35 bits per heavy atom. The Balaban J connectivity index is 2.30. The highest BCUT2D eigenvalue weighted by molar-refractivity contribution is 7.89. The van der Waals surface area contributed by atoms with Gasteiger partial charge in [0, 0.05) is 6.04 Å². The van der Waals surface area contributed by atoms with Crippen LogP contribution in [0.25, 0.3) is 0 Å². The number of primary sulfonamides is 1. The van der Waals surface area contributed by atoms with Gasteiger partial charge in [-0.25, -0.2) is 22.3 Å². The molecule has 1 saturated carbocycles. The van der Waals surface area contributed by atoms with Crippen LogP contribution in [0.2, 0.25) is 0 Å². The van der Waals surface area contributed by atoms with Crippen LogP contribution < -0.4 is 10.5 Å². The summed E-state index contributed by atoms with van der Waals surface area (Å²) < 4.78 is 49.3. The Morgan fingerprint density at radius 2 is 1.95 bits per heavy atom. The van der Waals surface area contributed by atoms with Crippen LogP contribution in [0.3, 0.4) is 0 Å². The summed E-state index contributed by atoms with van der Waals surface area (Å²) in [6, 6.07) is 1.09. The minimum absolute atomic E-state index is 0.0990. The number of amides is 1. The Morgan fingerprint density at radius 3 is 2.45 bits per heavy atom. The molecule has 1 aliphatic carbocycles. The molecule has 0 bridgehead atoms. The van der Waals surface area contributed by atoms with Gasteiger partial charge in [-0.3, -0.25) is 4.79 Å². The van der Waals surface area contributed by atoms with Gasteiger partial charge in [0.15, 0.2) is 11.6 Å². The molecule has 0 aromatic heterocycles. The molecular formula is C12H14F2N2O3S. The van der Waals surface area contributed by atoms with Gasteiger partial charge in [0.25, 0.3) is 5.91 Å². The van der Waals surface area contributed by atoms with Crippen molar-refractivity contribution in [3.05, 3.63) is 29.3 Å². The molecule has 0 saturated heterocycles. The molecule has 1 aliphatic rings. The van der Waals surface area contributed by atoms with Crippen molar-refractivity contribution in [2.45, 2.75) is 30.7 Å². The molecule has 0 aliphatic heterocycles. The van der Waals surface area contributed by atoms with Crippen LogP contribution in [0, 0.1) is 17.6 Å². The first kappa shape index (κ1) is 14.9. The minimum Gasteiger partial charge on any atom is -0.349 e. The van der Waals surface area contributed by atoms with Gasteiger partial charge < -0.3 is 5.32 Å². The van der Waals surface area contributed by atoms with Gasteiger partial charge in [0.1, 0.15) is 0 Å². The van der Waals surface area contributed by atoms with Crippen molar-refractivity contribution < 1.29 is 22.0 Å². The predicted octanol–water partition coefficient (Wildman–Crippen LogP) is 1.14. The third kappa shape index (κ3) is 2.96. The number of hydrogen-bond donors (Lipinski definition) is 2. The van der Waals surface area contributed by atoms with Crippen molar-refractivity contribution >= 4 is 15.9 Å². The number of hydrogen-bond acceptors (Lipinski definition) is 3. The molecule has 1 aromatic carbocycles. The lowest BCUT2D eigenvalue weighted by Crippen LogP contribution is -2.43. The molecule has 5 nitrogen and oxygen atoms in total. The normalized spacial score (nSPS) is 22.2. The molecule has 1 aromatic rings. The summed E-state index contributed by atoms with van der Waals surface area (Å²) in [5, 5.41) is 7.38. The molecule has 0 radical (unpaired) electrons. The second-order valence-electron chi connectivity index (χ2n) is 5.06. The summed E-state index contributed by atoms with van der Waals surface area (Å²) in [5.41, 5.74) is -0.659. The van der Waals surface area contributed by atoms with Gasteiger partial charge in [-0.05, 0) is 30.9 Å². The molecule has 110 valence electrons. The molecule has 1 fully saturated rings. The van der Waals surface area contributed by atoms with E-state index < -0.39 is 38.0 Å². The highest BCUT2D eigenvalue weighted by Crippen LogP contribution is 2.27. The average molecular weight is 304 g/mol. The van der Waals surface area contributed by atoms with E-state index >= 15 is 0 Å². The molecule has 3 N–H and O–H groups in total. The number of nitrogens with one attached hydrogen (secondary N) is 1. The largest absolute Gasteiger partial charge is 0.349 e. The summed E-state index contributed by atoms with van der Waals surface area (Å²) >= 11 is 0. The van der Waals surface area contributed by atoms with E-state index in [0.717, 1.165) is 18.9 Å². The van der Waals surface area contributed by atoms with Crippen LogP contribution in [-0.2, 0) is 10.0 Å². The van der Waals surface area contributed by atoms with E-state index in [9.17, 15) is 22.0 Å². The van der Waals surface area contributed by atoms with Gasteiger partial charge in [-0.2, -0.15) is 0 Å². The van der Waals surface area contributed by atoms with Gasteiger partial charge in [-0.15, -0.1) is 0 Å². The maximum atomic E-state index is 13.6. The molecule has 0 atom stereocenters. The lowest BCUT2D eigenvalue weighted by atomic mass is 9.82. The maximum Gasteiger partial charge on any atom is 0.254 e. The van der Waals surface area contributed by atoms with E-state index in [1.165, 1.54) is 0 Å². The number of sulfonamides is 1. The van der Waals surface area contributed by atoms with E-state index in [2.05, 4.69) is 5.32 Å². The van der Waals surface area contributed by atoms with E-state index in [1.807, 2.05) is 6.92 Å². The molecule has 0 heterocycles. The zero-order chi connectivity index (χ0) is 15.1. The number of halogens is 2. The van der Waals surface area contributed by atoms with Crippen molar-refractivity contribution in [2.24, 2.45) is 11.1 Å². The number of benzene rings is 1. The standard InChI is InChI=1S/C12H14F2N2O3S/c1-6-2-7(3-6)16-12(17)9-4-8(20(15,18)19)5-10(13)11(9)14/h4-7H,2-3H2,1H3,(H,16,17)(H2,15,18,19). The summed E-state index contributed by atoms with van der Waals surface area (Å²) in [7, 11) is -4.21. The van der Waals surface area contributed by atoms with Crippen LogP contribution in [0.1, 0.15) is 30.1 Å². The van der Waals surface area contributed by atoms with E-state index in [1.54, 1.807) is 0 Å². The van der Waals surface area contributed by atoms with Gasteiger partial charge in [-0.1, -0.05) is 6.92 Å². The Hall–Kier alpha value is -1.54. The topological polar surface area (TPSA) is 89.3 Å². The number of carbonyl (C=O) groups excluding carboxylic acids is 1. The van der Waals surface area contributed by atoms with Crippen LogP contribution in [0.4, 0.5) is 8.78 Å². The smallest absolute Gasteiger partial charge is 0.254 e. The van der Waals surface area contributed by atoms with Crippen LogP contribution in [-0.4, -0.2) is 20.4 Å². The fourth-order valence-electron chi connectivity index (χ4n) is 2.18. The number of rotatable bonds is 3. The summed E-state index contributed by atoms with van der Waals surface area (Å²) in [5.74, 6) is -3.19. The predicted molar refractivity (Wildman–Crippen MR) is 67.4 cm³/mol. The Bertz CT molecular complexity index is 655. The van der Waals surface area contributed by atoms with E-state index in [-0.39, 0.29) is 6.04 Å². The Labute approximate surface area is 115 Å². The van der Waals surface area contributed by atoms with Gasteiger partial charge >= 0.3 is 0 Å².